The van der Waals surface area contributed by atoms with Gasteiger partial charge in [-0.3, -0.25) is 9.11 Å². The zero-order valence-electron chi connectivity index (χ0n) is 25.6. The highest BCUT2D eigenvalue weighted by atomic mass is 32.3. The van der Waals surface area contributed by atoms with E-state index in [1.165, 1.54) is 38.5 Å². The smallest absolute Gasteiger partial charge is 0.394 e. The fourth-order valence-electron chi connectivity index (χ4n) is 3.09. The highest BCUT2D eigenvalue weighted by molar-refractivity contribution is 7.79. The maximum Gasteiger partial charge on any atom is 0.394 e. The van der Waals surface area contributed by atoms with Gasteiger partial charge < -0.3 is 47.7 Å². The van der Waals surface area contributed by atoms with Crippen molar-refractivity contribution in [1.29, 1.82) is 0 Å². The summed E-state index contributed by atoms with van der Waals surface area (Å²) < 4.78 is 80.3. The second-order valence-electron chi connectivity index (χ2n) is 8.80. The number of aliphatic hydroxyl groups is 1. The Hall–Kier alpha value is -0.530. The number of rotatable bonds is 34. The van der Waals surface area contributed by atoms with Crippen molar-refractivity contribution in [2.24, 2.45) is 0 Å². The minimum atomic E-state index is -4.67. The number of ether oxygens (including phenoxy) is 9. The fraction of sp³-hybridized carbons (Fsp3) is 1.00. The SMILES string of the molecule is CCCCCCCCCOCCOCCOCCOCCOCCOCCOCCOCCOCCO.O=S(=O)(O)O. The van der Waals surface area contributed by atoms with Crippen molar-refractivity contribution in [3.8, 4) is 0 Å². The Morgan fingerprint density at radius 3 is 0.857 bits per heavy atom. The first kappa shape index (κ1) is 43.6. The minimum absolute atomic E-state index is 0.0324. The zero-order valence-corrected chi connectivity index (χ0v) is 26.4. The molecule has 0 atom stereocenters. The summed E-state index contributed by atoms with van der Waals surface area (Å²) in [5, 5.41) is 8.56. The standard InChI is InChI=1S/C27H56O10.H2O4S/c1-2-3-4-5-6-7-8-10-29-12-14-31-16-18-33-20-22-35-24-26-37-27-25-36-23-21-34-19-17-32-15-13-30-11-9-28;1-5(2,3)4/h28H,2-27H2,1H3;(H2,1,2,3,4). The van der Waals surface area contributed by atoms with Gasteiger partial charge in [-0.25, -0.2) is 0 Å². The van der Waals surface area contributed by atoms with Gasteiger partial charge in [-0.05, 0) is 6.42 Å². The lowest BCUT2D eigenvalue weighted by Gasteiger charge is -2.09. The fourth-order valence-corrected chi connectivity index (χ4v) is 3.09. The summed E-state index contributed by atoms with van der Waals surface area (Å²) in [6, 6.07) is 0. The Kier molecular flexibility index (Phi) is 40.0. The van der Waals surface area contributed by atoms with E-state index < -0.39 is 10.4 Å². The predicted octanol–water partition coefficient (Wildman–Crippen LogP) is 2.23. The normalized spacial score (nSPS) is 11.5. The van der Waals surface area contributed by atoms with Gasteiger partial charge in [0, 0.05) is 6.61 Å². The third-order valence-electron chi connectivity index (χ3n) is 5.10. The molecule has 0 rings (SSSR count). The molecule has 0 aromatic carbocycles. The highest BCUT2D eigenvalue weighted by Crippen LogP contribution is 2.06. The molecule has 0 amide bonds. The monoisotopic (exact) mass is 638 g/mol. The van der Waals surface area contributed by atoms with Crippen molar-refractivity contribution in [2.75, 3.05) is 126 Å². The van der Waals surface area contributed by atoms with Gasteiger partial charge in [0.15, 0.2) is 0 Å². The summed E-state index contributed by atoms with van der Waals surface area (Å²) in [4.78, 5) is 0. The van der Waals surface area contributed by atoms with Crippen LogP contribution in [0.25, 0.3) is 0 Å². The van der Waals surface area contributed by atoms with Crippen LogP contribution in [0.5, 0.6) is 0 Å². The average Bonchev–Trinajstić information content (AvgIpc) is 2.94. The number of aliphatic hydroxyl groups excluding tert-OH is 1. The van der Waals surface area contributed by atoms with E-state index >= 15 is 0 Å². The predicted molar refractivity (Wildman–Crippen MR) is 157 cm³/mol. The Labute approximate surface area is 253 Å². The molecule has 0 unspecified atom stereocenters. The van der Waals surface area contributed by atoms with Gasteiger partial charge in [-0.15, -0.1) is 0 Å². The molecular weight excluding hydrogens is 580 g/mol. The maximum absolute atomic E-state index is 8.74. The van der Waals surface area contributed by atoms with E-state index in [1.54, 1.807) is 0 Å². The van der Waals surface area contributed by atoms with Crippen LogP contribution in [0, 0.1) is 0 Å². The molecule has 14 nitrogen and oxygen atoms in total. The molecule has 0 fully saturated rings. The first-order valence-corrected chi connectivity index (χ1v) is 16.3. The summed E-state index contributed by atoms with van der Waals surface area (Å²) in [5.41, 5.74) is 0. The second-order valence-corrected chi connectivity index (χ2v) is 9.70. The van der Waals surface area contributed by atoms with Crippen LogP contribution in [0.4, 0.5) is 0 Å². The van der Waals surface area contributed by atoms with Gasteiger partial charge in [-0.1, -0.05) is 45.4 Å². The molecule has 15 heteroatoms. The van der Waals surface area contributed by atoms with Crippen LogP contribution in [0.2, 0.25) is 0 Å². The lowest BCUT2D eigenvalue weighted by molar-refractivity contribution is -0.0255. The van der Waals surface area contributed by atoms with Crippen molar-refractivity contribution in [1.82, 2.24) is 0 Å². The number of hydrogen-bond donors (Lipinski definition) is 3. The Balaban J connectivity index is 0. The van der Waals surface area contributed by atoms with Crippen LogP contribution in [0.3, 0.4) is 0 Å². The summed E-state index contributed by atoms with van der Waals surface area (Å²) in [6.07, 6.45) is 9.12. The lowest BCUT2D eigenvalue weighted by atomic mass is 10.1. The Morgan fingerprint density at radius 1 is 0.381 bits per heavy atom. The van der Waals surface area contributed by atoms with Crippen LogP contribution in [0.15, 0.2) is 0 Å². The van der Waals surface area contributed by atoms with Crippen molar-refractivity contribution < 1.29 is 65.3 Å². The summed E-state index contributed by atoms with van der Waals surface area (Å²) >= 11 is 0. The molecule has 0 bridgehead atoms. The average molecular weight is 639 g/mol. The second kappa shape index (κ2) is 38.5. The van der Waals surface area contributed by atoms with Gasteiger partial charge in [0.05, 0.1) is 119 Å². The molecule has 0 aliphatic heterocycles. The Morgan fingerprint density at radius 2 is 0.595 bits per heavy atom. The highest BCUT2D eigenvalue weighted by Gasteiger charge is 1.96. The molecule has 0 aliphatic rings. The van der Waals surface area contributed by atoms with E-state index in [0.29, 0.717) is 112 Å². The van der Waals surface area contributed by atoms with Gasteiger partial charge >= 0.3 is 10.4 Å². The van der Waals surface area contributed by atoms with Gasteiger partial charge in [0.25, 0.3) is 0 Å². The van der Waals surface area contributed by atoms with E-state index in [4.69, 9.17) is 65.3 Å². The van der Waals surface area contributed by atoms with Crippen LogP contribution >= 0.6 is 0 Å². The van der Waals surface area contributed by atoms with Gasteiger partial charge in [-0.2, -0.15) is 8.42 Å². The third kappa shape index (κ3) is 52.1. The first-order valence-electron chi connectivity index (χ1n) is 14.9. The van der Waals surface area contributed by atoms with Gasteiger partial charge in [0.2, 0.25) is 0 Å². The zero-order chi connectivity index (χ0) is 31.2. The summed E-state index contributed by atoms with van der Waals surface area (Å²) in [6.45, 7) is 12.1. The van der Waals surface area contributed by atoms with Crippen molar-refractivity contribution in [3.05, 3.63) is 0 Å². The molecule has 0 saturated heterocycles. The van der Waals surface area contributed by atoms with Crippen LogP contribution in [-0.4, -0.2) is 148 Å². The first-order chi connectivity index (χ1) is 20.4. The maximum atomic E-state index is 8.74. The number of unbranched alkanes of at least 4 members (excludes halogenated alkanes) is 6. The number of hydrogen-bond acceptors (Lipinski definition) is 12. The molecule has 0 spiro atoms. The van der Waals surface area contributed by atoms with Crippen molar-refractivity contribution in [3.63, 3.8) is 0 Å². The molecule has 256 valence electrons. The molecule has 0 heterocycles. The van der Waals surface area contributed by atoms with Crippen LogP contribution in [-0.2, 0) is 53.0 Å². The Bertz CT molecular complexity index is 541. The van der Waals surface area contributed by atoms with E-state index in [9.17, 15) is 0 Å². The van der Waals surface area contributed by atoms with Crippen LogP contribution in [0.1, 0.15) is 51.9 Å². The third-order valence-corrected chi connectivity index (χ3v) is 5.10. The minimum Gasteiger partial charge on any atom is -0.394 e. The van der Waals surface area contributed by atoms with E-state index in [-0.39, 0.29) is 6.61 Å². The lowest BCUT2D eigenvalue weighted by Crippen LogP contribution is -2.15. The summed E-state index contributed by atoms with van der Waals surface area (Å²) in [7, 11) is -4.67. The molecule has 0 saturated carbocycles. The topological polar surface area (TPSA) is 178 Å². The summed E-state index contributed by atoms with van der Waals surface area (Å²) in [5.74, 6) is 0. The largest absolute Gasteiger partial charge is 0.394 e. The molecule has 0 radical (unpaired) electrons. The van der Waals surface area contributed by atoms with Gasteiger partial charge in [0.1, 0.15) is 0 Å². The molecule has 0 aromatic heterocycles. The molecule has 0 aliphatic carbocycles. The molecule has 3 N–H and O–H groups in total. The quantitative estimate of drug-likeness (QED) is 0.0690. The molecular formula is C27H58O14S. The van der Waals surface area contributed by atoms with Crippen molar-refractivity contribution in [2.45, 2.75) is 51.9 Å². The van der Waals surface area contributed by atoms with E-state index in [2.05, 4.69) is 6.92 Å². The molecule has 42 heavy (non-hydrogen) atoms. The van der Waals surface area contributed by atoms with E-state index in [1.807, 2.05) is 0 Å². The van der Waals surface area contributed by atoms with Crippen LogP contribution < -0.4 is 0 Å². The van der Waals surface area contributed by atoms with Crippen molar-refractivity contribution >= 4 is 10.4 Å². The van der Waals surface area contributed by atoms with E-state index in [0.717, 1.165) is 13.0 Å². The molecule has 0 aromatic rings.